The molecule has 0 aliphatic carbocycles. The van der Waals surface area contributed by atoms with E-state index in [1.165, 1.54) is 23.5 Å². The number of rotatable bonds is 5. The number of piperazine rings is 1. The fraction of sp³-hybridized carbons (Fsp3) is 0.167. The summed E-state index contributed by atoms with van der Waals surface area (Å²) in [5.74, 6) is 0.590. The molecule has 0 unspecified atom stereocenters. The molecule has 5 rings (SSSR count). The fourth-order valence-corrected chi connectivity index (χ4v) is 4.88. The van der Waals surface area contributed by atoms with E-state index in [0.717, 1.165) is 11.3 Å². The molecule has 0 spiro atoms. The number of nitro benzene ring substituents is 1. The molecule has 1 aliphatic rings. The number of furan rings is 1. The van der Waals surface area contributed by atoms with Gasteiger partial charge in [-0.25, -0.2) is 4.98 Å². The zero-order valence-corrected chi connectivity index (χ0v) is 18.4. The molecular weight excluding hydrogens is 440 g/mol. The summed E-state index contributed by atoms with van der Waals surface area (Å²) < 4.78 is 5.51. The largest absolute Gasteiger partial charge is 0.462 e. The molecule has 9 heteroatoms. The standard InChI is InChI=1S/C24H20N4O4S/c29-24(27-14-12-26(13-15-27)18-8-10-19(11-9-18)28(30)31)22-21(17-5-2-1-3-6-17)25-23(33-22)20-7-4-16-32-20/h1-11,16H,12-15H2. The summed E-state index contributed by atoms with van der Waals surface area (Å²) in [6.45, 7) is 2.40. The number of hydrogen-bond donors (Lipinski definition) is 0. The minimum absolute atomic E-state index is 0.0486. The number of anilines is 1. The van der Waals surface area contributed by atoms with Gasteiger partial charge in [-0.2, -0.15) is 0 Å². The van der Waals surface area contributed by atoms with Crippen LogP contribution in [-0.4, -0.2) is 46.9 Å². The molecule has 33 heavy (non-hydrogen) atoms. The predicted octanol–water partition coefficient (Wildman–Crippen LogP) is 4.94. The van der Waals surface area contributed by atoms with Gasteiger partial charge in [0.15, 0.2) is 10.8 Å². The van der Waals surface area contributed by atoms with Crippen molar-refractivity contribution >= 4 is 28.6 Å². The van der Waals surface area contributed by atoms with Crippen LogP contribution < -0.4 is 4.90 Å². The average molecular weight is 461 g/mol. The minimum atomic E-state index is -0.406. The number of carbonyl (C=O) groups is 1. The maximum Gasteiger partial charge on any atom is 0.269 e. The summed E-state index contributed by atoms with van der Waals surface area (Å²) in [6, 6.07) is 19.8. The van der Waals surface area contributed by atoms with Crippen molar-refractivity contribution in [2.45, 2.75) is 0 Å². The summed E-state index contributed by atoms with van der Waals surface area (Å²) in [5, 5.41) is 11.6. The molecule has 2 aromatic carbocycles. The molecule has 1 aliphatic heterocycles. The monoisotopic (exact) mass is 460 g/mol. The number of non-ortho nitro benzene ring substituents is 1. The zero-order chi connectivity index (χ0) is 22.8. The number of amides is 1. The van der Waals surface area contributed by atoms with E-state index >= 15 is 0 Å². The summed E-state index contributed by atoms with van der Waals surface area (Å²) >= 11 is 1.34. The summed E-state index contributed by atoms with van der Waals surface area (Å²) in [7, 11) is 0. The van der Waals surface area contributed by atoms with E-state index < -0.39 is 4.92 Å². The zero-order valence-electron chi connectivity index (χ0n) is 17.6. The van der Waals surface area contributed by atoms with Gasteiger partial charge in [-0.1, -0.05) is 30.3 Å². The number of aromatic nitrogens is 1. The van der Waals surface area contributed by atoms with Crippen molar-refractivity contribution < 1.29 is 14.1 Å². The van der Waals surface area contributed by atoms with Crippen LogP contribution in [0.4, 0.5) is 11.4 Å². The molecule has 0 N–H and O–H groups in total. The predicted molar refractivity (Wildman–Crippen MR) is 126 cm³/mol. The normalized spacial score (nSPS) is 13.8. The first kappa shape index (κ1) is 20.9. The molecule has 3 heterocycles. The molecule has 0 radical (unpaired) electrons. The Morgan fingerprint density at radius 3 is 2.33 bits per heavy atom. The van der Waals surface area contributed by atoms with E-state index in [1.54, 1.807) is 24.5 Å². The molecule has 166 valence electrons. The van der Waals surface area contributed by atoms with Gasteiger partial charge in [-0.3, -0.25) is 14.9 Å². The Morgan fingerprint density at radius 1 is 0.970 bits per heavy atom. The highest BCUT2D eigenvalue weighted by molar-refractivity contribution is 7.17. The molecule has 0 saturated carbocycles. The first-order chi connectivity index (χ1) is 16.1. The SMILES string of the molecule is O=C(c1sc(-c2ccco2)nc1-c1ccccc1)N1CCN(c2ccc([N+](=O)[O-])cc2)CC1. The number of thiazole rings is 1. The van der Waals surface area contributed by atoms with Crippen LogP contribution in [0.5, 0.6) is 0 Å². The first-order valence-electron chi connectivity index (χ1n) is 10.5. The number of benzene rings is 2. The van der Waals surface area contributed by atoms with Crippen molar-refractivity contribution in [2.24, 2.45) is 0 Å². The van der Waals surface area contributed by atoms with Crippen molar-refractivity contribution in [1.82, 2.24) is 9.88 Å². The molecule has 1 amide bonds. The molecule has 4 aromatic rings. The van der Waals surface area contributed by atoms with Crippen LogP contribution in [-0.2, 0) is 0 Å². The third kappa shape index (κ3) is 4.22. The van der Waals surface area contributed by atoms with Crippen LogP contribution in [0.15, 0.2) is 77.4 Å². The fourth-order valence-electron chi connectivity index (χ4n) is 3.86. The molecule has 8 nitrogen and oxygen atoms in total. The number of carbonyl (C=O) groups excluding carboxylic acids is 1. The second kappa shape index (κ2) is 8.87. The van der Waals surface area contributed by atoms with Gasteiger partial charge >= 0.3 is 0 Å². The van der Waals surface area contributed by atoms with Crippen LogP contribution in [0.3, 0.4) is 0 Å². The molecule has 2 aromatic heterocycles. The maximum atomic E-state index is 13.5. The Morgan fingerprint density at radius 2 is 1.70 bits per heavy atom. The first-order valence-corrected chi connectivity index (χ1v) is 11.3. The lowest BCUT2D eigenvalue weighted by Gasteiger charge is -2.36. The number of nitro groups is 1. The van der Waals surface area contributed by atoms with Crippen LogP contribution in [0.25, 0.3) is 22.0 Å². The Kier molecular flexibility index (Phi) is 5.62. The summed E-state index contributed by atoms with van der Waals surface area (Å²) in [6.07, 6.45) is 1.60. The summed E-state index contributed by atoms with van der Waals surface area (Å²) in [5.41, 5.74) is 2.53. The van der Waals surface area contributed by atoms with Crippen LogP contribution in [0, 0.1) is 10.1 Å². The topological polar surface area (TPSA) is 92.7 Å². The highest BCUT2D eigenvalue weighted by atomic mass is 32.1. The average Bonchev–Trinajstić information content (AvgIpc) is 3.55. The lowest BCUT2D eigenvalue weighted by Crippen LogP contribution is -2.48. The van der Waals surface area contributed by atoms with Gasteiger partial charge in [-0.15, -0.1) is 11.3 Å². The maximum absolute atomic E-state index is 13.5. The van der Waals surface area contributed by atoms with E-state index in [1.807, 2.05) is 41.3 Å². The Hall–Kier alpha value is -3.98. The number of hydrogen-bond acceptors (Lipinski definition) is 7. The van der Waals surface area contributed by atoms with Crippen LogP contribution in [0.1, 0.15) is 9.67 Å². The third-order valence-electron chi connectivity index (χ3n) is 5.59. The highest BCUT2D eigenvalue weighted by Gasteiger charge is 2.28. The molecule has 0 bridgehead atoms. The van der Waals surface area contributed by atoms with Gasteiger partial charge < -0.3 is 14.2 Å². The van der Waals surface area contributed by atoms with E-state index in [9.17, 15) is 14.9 Å². The van der Waals surface area contributed by atoms with E-state index in [4.69, 9.17) is 9.40 Å². The van der Waals surface area contributed by atoms with Crippen molar-refractivity contribution in [3.05, 3.63) is 88.0 Å². The van der Waals surface area contributed by atoms with Crippen LogP contribution in [0.2, 0.25) is 0 Å². The molecular formula is C24H20N4O4S. The lowest BCUT2D eigenvalue weighted by atomic mass is 10.1. The second-order valence-corrected chi connectivity index (χ2v) is 8.59. The van der Waals surface area contributed by atoms with Crippen LogP contribution >= 0.6 is 11.3 Å². The molecule has 0 atom stereocenters. The van der Waals surface area contributed by atoms with E-state index in [2.05, 4.69) is 4.90 Å². The molecule has 1 saturated heterocycles. The Bertz CT molecular complexity index is 1260. The smallest absolute Gasteiger partial charge is 0.269 e. The Labute approximate surface area is 193 Å². The van der Waals surface area contributed by atoms with Gasteiger partial charge in [0.2, 0.25) is 0 Å². The second-order valence-electron chi connectivity index (χ2n) is 7.59. The quantitative estimate of drug-likeness (QED) is 0.309. The van der Waals surface area contributed by atoms with Crippen molar-refractivity contribution in [2.75, 3.05) is 31.1 Å². The number of nitrogens with zero attached hydrogens (tertiary/aromatic N) is 4. The van der Waals surface area contributed by atoms with Gasteiger partial charge in [0.05, 0.1) is 16.9 Å². The third-order valence-corrected chi connectivity index (χ3v) is 6.65. The Balaban J connectivity index is 1.36. The van der Waals surface area contributed by atoms with E-state index in [0.29, 0.717) is 47.5 Å². The van der Waals surface area contributed by atoms with Gasteiger partial charge in [0, 0.05) is 49.6 Å². The van der Waals surface area contributed by atoms with E-state index in [-0.39, 0.29) is 11.6 Å². The minimum Gasteiger partial charge on any atom is -0.462 e. The van der Waals surface area contributed by atoms with Crippen molar-refractivity contribution in [3.63, 3.8) is 0 Å². The molecule has 1 fully saturated rings. The van der Waals surface area contributed by atoms with Crippen molar-refractivity contribution in [3.8, 4) is 22.0 Å². The highest BCUT2D eigenvalue weighted by Crippen LogP contribution is 2.35. The van der Waals surface area contributed by atoms with Gasteiger partial charge in [0.25, 0.3) is 11.6 Å². The lowest BCUT2D eigenvalue weighted by molar-refractivity contribution is -0.384. The summed E-state index contributed by atoms with van der Waals surface area (Å²) in [4.78, 5) is 33.3. The van der Waals surface area contributed by atoms with Gasteiger partial charge in [0.1, 0.15) is 4.88 Å². The van der Waals surface area contributed by atoms with Crippen molar-refractivity contribution in [1.29, 1.82) is 0 Å². The van der Waals surface area contributed by atoms with Gasteiger partial charge in [-0.05, 0) is 24.3 Å².